The summed E-state index contributed by atoms with van der Waals surface area (Å²) in [5.41, 5.74) is 4.59. The predicted octanol–water partition coefficient (Wildman–Crippen LogP) is 5.38. The van der Waals surface area contributed by atoms with E-state index in [1.54, 1.807) is 6.07 Å². The van der Waals surface area contributed by atoms with Gasteiger partial charge in [-0.2, -0.15) is 0 Å². The smallest absolute Gasteiger partial charge is 0.222 e. The number of piperidine rings is 1. The lowest BCUT2D eigenvalue weighted by Gasteiger charge is -2.34. The zero-order valence-electron chi connectivity index (χ0n) is 22.5. The molecule has 4 nitrogen and oxygen atoms in total. The van der Waals surface area contributed by atoms with E-state index in [-0.39, 0.29) is 11.7 Å². The number of carbonyl (C=O) groups is 1. The first-order valence-electron chi connectivity index (χ1n) is 13.1. The van der Waals surface area contributed by atoms with Gasteiger partial charge in [0.05, 0.1) is 5.69 Å². The number of amides is 1. The number of nitrogens with zero attached hydrogens (tertiary/aromatic N) is 2. The van der Waals surface area contributed by atoms with E-state index >= 15 is 0 Å². The van der Waals surface area contributed by atoms with Crippen molar-refractivity contribution in [2.24, 2.45) is 5.92 Å². The first-order chi connectivity index (χ1) is 17.1. The Kier molecular flexibility index (Phi) is 7.49. The number of fused-ring (bicyclic) bond motifs is 1. The van der Waals surface area contributed by atoms with Crippen molar-refractivity contribution < 1.29 is 9.18 Å². The van der Waals surface area contributed by atoms with Crippen LogP contribution in [0.15, 0.2) is 30.5 Å². The molecule has 0 saturated carbocycles. The molecular weight excluding hydrogens is 449 g/mol. The number of hydrogen-bond acceptors (Lipinski definition) is 3. The average molecular weight is 488 g/mol. The quantitative estimate of drug-likeness (QED) is 0.526. The Hall–Kier alpha value is -3.21. The molecule has 1 aromatic heterocycles. The first-order valence-corrected chi connectivity index (χ1v) is 13.1. The number of rotatable bonds is 5. The first kappa shape index (κ1) is 25.9. The molecule has 1 atom stereocenters. The molecule has 0 unspecified atom stereocenters. The molecule has 3 aromatic rings. The SMILES string of the molecule is C=c1c(C)c(-c2cc(C(C)C)cc3ccc(F)c(CC)c23)nc/c1=C(/NC(C)=O)N1CCC[C@H](C)C1. The van der Waals surface area contributed by atoms with Gasteiger partial charge >= 0.3 is 0 Å². The molecule has 0 radical (unpaired) electrons. The maximum Gasteiger partial charge on any atom is 0.222 e. The molecule has 0 bridgehead atoms. The van der Waals surface area contributed by atoms with Gasteiger partial charge in [-0.15, -0.1) is 0 Å². The van der Waals surface area contributed by atoms with Crippen molar-refractivity contribution in [3.05, 3.63) is 63.4 Å². The van der Waals surface area contributed by atoms with Crippen LogP contribution in [0.2, 0.25) is 0 Å². The van der Waals surface area contributed by atoms with Crippen LogP contribution in [0.3, 0.4) is 0 Å². The summed E-state index contributed by atoms with van der Waals surface area (Å²) in [7, 11) is 0. The molecule has 1 aliphatic heterocycles. The van der Waals surface area contributed by atoms with E-state index in [0.29, 0.717) is 23.8 Å². The highest BCUT2D eigenvalue weighted by molar-refractivity contribution is 5.99. The third kappa shape index (κ3) is 4.88. The summed E-state index contributed by atoms with van der Waals surface area (Å²) in [6.45, 7) is 18.3. The Labute approximate surface area is 213 Å². The highest BCUT2D eigenvalue weighted by atomic mass is 19.1. The normalized spacial score (nSPS) is 17.0. The molecule has 2 heterocycles. The van der Waals surface area contributed by atoms with E-state index in [9.17, 15) is 9.18 Å². The summed E-state index contributed by atoms with van der Waals surface area (Å²) in [6, 6.07) is 7.76. The number of hydrogen-bond donors (Lipinski definition) is 1. The summed E-state index contributed by atoms with van der Waals surface area (Å²) in [6.07, 6.45) is 4.70. The van der Waals surface area contributed by atoms with E-state index in [0.717, 1.165) is 63.4 Å². The van der Waals surface area contributed by atoms with Gasteiger partial charge in [-0.25, -0.2) is 4.39 Å². The van der Waals surface area contributed by atoms with Crippen LogP contribution in [0.25, 0.3) is 34.4 Å². The van der Waals surface area contributed by atoms with E-state index in [4.69, 9.17) is 4.98 Å². The maximum absolute atomic E-state index is 14.9. The fourth-order valence-electron chi connectivity index (χ4n) is 5.41. The molecule has 2 aromatic carbocycles. The molecule has 4 rings (SSSR count). The molecule has 1 N–H and O–H groups in total. The van der Waals surface area contributed by atoms with Crippen molar-refractivity contribution in [3.8, 4) is 11.3 Å². The molecule has 36 heavy (non-hydrogen) atoms. The minimum atomic E-state index is -0.187. The number of nitrogens with one attached hydrogen (secondary N) is 1. The fourth-order valence-corrected chi connectivity index (χ4v) is 5.41. The third-order valence-electron chi connectivity index (χ3n) is 7.44. The van der Waals surface area contributed by atoms with Crippen molar-refractivity contribution in [3.63, 3.8) is 0 Å². The molecule has 1 saturated heterocycles. The second-order valence-corrected chi connectivity index (χ2v) is 10.5. The van der Waals surface area contributed by atoms with E-state index < -0.39 is 0 Å². The Bertz CT molecular complexity index is 1430. The number of aryl methyl sites for hydroxylation is 1. The van der Waals surface area contributed by atoms with Gasteiger partial charge in [0.1, 0.15) is 11.6 Å². The highest BCUT2D eigenvalue weighted by Gasteiger charge is 2.21. The molecule has 1 amide bonds. The summed E-state index contributed by atoms with van der Waals surface area (Å²) in [5.74, 6) is 1.36. The van der Waals surface area contributed by atoms with Crippen LogP contribution in [0.4, 0.5) is 4.39 Å². The molecular formula is C31H38FN3O. The van der Waals surface area contributed by atoms with Crippen molar-refractivity contribution >= 4 is 29.1 Å². The monoisotopic (exact) mass is 487 g/mol. The van der Waals surface area contributed by atoms with Gasteiger partial charge in [-0.1, -0.05) is 46.4 Å². The van der Waals surface area contributed by atoms with Gasteiger partial charge in [0.25, 0.3) is 0 Å². The van der Waals surface area contributed by atoms with Crippen LogP contribution in [-0.2, 0) is 11.2 Å². The van der Waals surface area contributed by atoms with Crippen LogP contribution in [0.1, 0.15) is 70.1 Å². The maximum atomic E-state index is 14.9. The zero-order valence-corrected chi connectivity index (χ0v) is 22.5. The Morgan fingerprint density at radius 1 is 1.31 bits per heavy atom. The Morgan fingerprint density at radius 3 is 2.69 bits per heavy atom. The van der Waals surface area contributed by atoms with Gasteiger partial charge in [0.2, 0.25) is 5.91 Å². The Balaban J connectivity index is 2.01. The van der Waals surface area contributed by atoms with E-state index in [1.807, 2.05) is 26.1 Å². The highest BCUT2D eigenvalue weighted by Crippen LogP contribution is 2.35. The predicted molar refractivity (Wildman–Crippen MR) is 147 cm³/mol. The standard InChI is InChI=1S/C31H38FN3O/c1-8-25-28(32)12-11-23-14-24(18(2)3)15-26(29(23)25)30-21(6)20(5)27(16-33-30)31(34-22(7)36)35-13-9-10-19(4)17-35/h11-12,14-16,18-19H,5,8-10,13,17H2,1-4,6-7H3,(H,34,36)/b31-27+/t19-/m0/s1. The van der Waals surface area contributed by atoms with Gasteiger partial charge in [-0.3, -0.25) is 9.78 Å². The summed E-state index contributed by atoms with van der Waals surface area (Å²) in [5, 5.41) is 6.68. The van der Waals surface area contributed by atoms with E-state index in [2.05, 4.69) is 49.7 Å². The molecule has 5 heteroatoms. The number of aromatic nitrogens is 1. The van der Waals surface area contributed by atoms with Crippen LogP contribution in [0, 0.1) is 18.7 Å². The molecule has 1 fully saturated rings. The van der Waals surface area contributed by atoms with Crippen LogP contribution in [0.5, 0.6) is 0 Å². The number of likely N-dealkylation sites (tertiary alicyclic amines) is 1. The number of halogens is 1. The zero-order chi connectivity index (χ0) is 26.1. The summed E-state index contributed by atoms with van der Waals surface area (Å²) < 4.78 is 14.9. The van der Waals surface area contributed by atoms with Crippen molar-refractivity contribution in [2.75, 3.05) is 13.1 Å². The number of benzene rings is 2. The summed E-state index contributed by atoms with van der Waals surface area (Å²) >= 11 is 0. The average Bonchev–Trinajstić information content (AvgIpc) is 2.83. The largest absolute Gasteiger partial charge is 0.357 e. The van der Waals surface area contributed by atoms with Crippen molar-refractivity contribution in [2.45, 2.75) is 66.7 Å². The number of pyridine rings is 1. The van der Waals surface area contributed by atoms with E-state index in [1.165, 1.54) is 18.9 Å². The molecule has 1 aliphatic rings. The van der Waals surface area contributed by atoms with Gasteiger partial charge in [0, 0.05) is 37.0 Å². The van der Waals surface area contributed by atoms with Crippen molar-refractivity contribution in [1.29, 1.82) is 0 Å². The molecule has 190 valence electrons. The van der Waals surface area contributed by atoms with Crippen LogP contribution >= 0.6 is 0 Å². The fraction of sp³-hybridized carbons (Fsp3) is 0.419. The van der Waals surface area contributed by atoms with Crippen LogP contribution in [-0.4, -0.2) is 28.9 Å². The number of carbonyl (C=O) groups excluding carboxylic acids is 1. The summed E-state index contributed by atoms with van der Waals surface area (Å²) in [4.78, 5) is 19.3. The second kappa shape index (κ2) is 10.4. The van der Waals surface area contributed by atoms with Crippen LogP contribution < -0.4 is 15.8 Å². The minimum absolute atomic E-state index is 0.108. The van der Waals surface area contributed by atoms with Gasteiger partial charge in [-0.05, 0) is 82.8 Å². The molecule has 0 aliphatic carbocycles. The van der Waals surface area contributed by atoms with Gasteiger partial charge < -0.3 is 10.2 Å². The van der Waals surface area contributed by atoms with Crippen molar-refractivity contribution in [1.82, 2.24) is 15.2 Å². The lowest BCUT2D eigenvalue weighted by Crippen LogP contribution is -2.46. The second-order valence-electron chi connectivity index (χ2n) is 10.5. The van der Waals surface area contributed by atoms with Gasteiger partial charge in [0.15, 0.2) is 0 Å². The topological polar surface area (TPSA) is 45.2 Å². The lowest BCUT2D eigenvalue weighted by atomic mass is 9.89. The lowest BCUT2D eigenvalue weighted by molar-refractivity contribution is -0.118. The Morgan fingerprint density at radius 2 is 2.06 bits per heavy atom. The molecule has 0 spiro atoms. The third-order valence-corrected chi connectivity index (χ3v) is 7.44. The minimum Gasteiger partial charge on any atom is -0.357 e.